The molecular formula is C15H19N3O4. The van der Waals surface area contributed by atoms with Crippen molar-refractivity contribution in [2.24, 2.45) is 0 Å². The van der Waals surface area contributed by atoms with Crippen molar-refractivity contribution >= 4 is 17.4 Å². The molecule has 0 saturated carbocycles. The Labute approximate surface area is 128 Å². The normalized spacial score (nSPS) is 11.6. The number of nitrogens with one attached hydrogen (secondary N) is 2. The summed E-state index contributed by atoms with van der Waals surface area (Å²) in [5.74, 6) is 2.03. The number of carbonyl (C=O) groups excluding carboxylic acids is 1. The van der Waals surface area contributed by atoms with E-state index in [-0.39, 0.29) is 5.91 Å². The van der Waals surface area contributed by atoms with Gasteiger partial charge in [0.05, 0.1) is 14.2 Å². The second-order valence-electron chi connectivity index (χ2n) is 4.75. The number of hydrogen-bond donors (Lipinski definition) is 2. The molecule has 118 valence electrons. The number of methoxy groups -OCH3 is 2. The van der Waals surface area contributed by atoms with Gasteiger partial charge in [-0.1, -0.05) is 5.16 Å². The first kappa shape index (κ1) is 15.7. The fraction of sp³-hybridized carbons (Fsp3) is 0.333. The summed E-state index contributed by atoms with van der Waals surface area (Å²) in [6.45, 7) is 3.51. The summed E-state index contributed by atoms with van der Waals surface area (Å²) in [7, 11) is 3.13. The molecule has 1 aromatic carbocycles. The van der Waals surface area contributed by atoms with E-state index in [1.165, 1.54) is 0 Å². The maximum absolute atomic E-state index is 12.1. The third-order valence-electron chi connectivity index (χ3n) is 3.04. The summed E-state index contributed by atoms with van der Waals surface area (Å²) in [6.07, 6.45) is 0. The lowest BCUT2D eigenvalue weighted by Crippen LogP contribution is -2.31. The molecule has 0 aliphatic carbocycles. The number of amides is 1. The molecule has 22 heavy (non-hydrogen) atoms. The van der Waals surface area contributed by atoms with Crippen molar-refractivity contribution in [3.63, 3.8) is 0 Å². The Kier molecular flexibility index (Phi) is 4.88. The lowest BCUT2D eigenvalue weighted by Gasteiger charge is -2.16. The summed E-state index contributed by atoms with van der Waals surface area (Å²) < 4.78 is 15.3. The molecule has 2 N–H and O–H groups in total. The van der Waals surface area contributed by atoms with E-state index in [9.17, 15) is 4.79 Å². The van der Waals surface area contributed by atoms with Gasteiger partial charge in [-0.05, 0) is 26.0 Å². The van der Waals surface area contributed by atoms with E-state index in [0.717, 1.165) is 5.69 Å². The highest BCUT2D eigenvalue weighted by Gasteiger charge is 2.15. The van der Waals surface area contributed by atoms with E-state index in [4.69, 9.17) is 14.0 Å². The van der Waals surface area contributed by atoms with E-state index < -0.39 is 6.04 Å². The van der Waals surface area contributed by atoms with Crippen LogP contribution in [0.2, 0.25) is 0 Å². The first-order valence-electron chi connectivity index (χ1n) is 6.76. The average Bonchev–Trinajstić information content (AvgIpc) is 2.92. The molecule has 1 amide bonds. The Morgan fingerprint density at radius 1 is 1.23 bits per heavy atom. The number of aryl methyl sites for hydroxylation is 1. The minimum atomic E-state index is -0.463. The Balaban J connectivity index is 2.01. The molecule has 0 aliphatic rings. The van der Waals surface area contributed by atoms with Crippen LogP contribution in [-0.2, 0) is 4.79 Å². The predicted molar refractivity (Wildman–Crippen MR) is 82.5 cm³/mol. The maximum atomic E-state index is 12.1. The van der Waals surface area contributed by atoms with Crippen molar-refractivity contribution in [2.45, 2.75) is 19.9 Å². The summed E-state index contributed by atoms with van der Waals surface area (Å²) in [6, 6.07) is 6.54. The van der Waals surface area contributed by atoms with Crippen molar-refractivity contribution in [1.29, 1.82) is 0 Å². The summed E-state index contributed by atoms with van der Waals surface area (Å²) in [5, 5.41) is 9.48. The molecule has 0 spiro atoms. The van der Waals surface area contributed by atoms with Crippen LogP contribution < -0.4 is 20.1 Å². The molecule has 2 rings (SSSR count). The number of carbonyl (C=O) groups is 1. The highest BCUT2D eigenvalue weighted by Crippen LogP contribution is 2.30. The van der Waals surface area contributed by atoms with Crippen LogP contribution in [0.3, 0.4) is 0 Å². The van der Waals surface area contributed by atoms with Crippen LogP contribution in [-0.4, -0.2) is 31.3 Å². The topological polar surface area (TPSA) is 85.6 Å². The van der Waals surface area contributed by atoms with Crippen LogP contribution in [0.25, 0.3) is 0 Å². The molecule has 1 aromatic heterocycles. The zero-order chi connectivity index (χ0) is 16.1. The molecule has 1 unspecified atom stereocenters. The van der Waals surface area contributed by atoms with Crippen LogP contribution >= 0.6 is 0 Å². The van der Waals surface area contributed by atoms with Gasteiger partial charge in [-0.25, -0.2) is 0 Å². The molecule has 2 aromatic rings. The van der Waals surface area contributed by atoms with Crippen molar-refractivity contribution < 1.29 is 18.8 Å². The van der Waals surface area contributed by atoms with E-state index >= 15 is 0 Å². The van der Waals surface area contributed by atoms with E-state index in [2.05, 4.69) is 15.8 Å². The van der Waals surface area contributed by atoms with Gasteiger partial charge >= 0.3 is 0 Å². The number of hydrogen-bond acceptors (Lipinski definition) is 6. The lowest BCUT2D eigenvalue weighted by molar-refractivity contribution is -0.116. The fourth-order valence-electron chi connectivity index (χ4n) is 1.90. The number of benzene rings is 1. The fourth-order valence-corrected chi connectivity index (χ4v) is 1.90. The second-order valence-corrected chi connectivity index (χ2v) is 4.75. The number of nitrogens with zero attached hydrogens (tertiary/aromatic N) is 1. The van der Waals surface area contributed by atoms with Crippen molar-refractivity contribution in [1.82, 2.24) is 5.16 Å². The Morgan fingerprint density at radius 2 is 1.95 bits per heavy atom. The standard InChI is InChI=1S/C15H19N3O4/c1-9-7-14(18-22-9)17-15(19)10(2)16-11-5-6-12(20-3)13(8-11)21-4/h5-8,10,16H,1-4H3,(H,17,18,19). The van der Waals surface area contributed by atoms with E-state index in [1.54, 1.807) is 46.3 Å². The third kappa shape index (κ3) is 3.69. The molecule has 7 heteroatoms. The van der Waals surface area contributed by atoms with Gasteiger partial charge in [-0.2, -0.15) is 0 Å². The molecule has 1 heterocycles. The van der Waals surface area contributed by atoms with Crippen LogP contribution in [0.1, 0.15) is 12.7 Å². The summed E-state index contributed by atoms with van der Waals surface area (Å²) in [4.78, 5) is 12.1. The van der Waals surface area contributed by atoms with Gasteiger partial charge in [-0.15, -0.1) is 0 Å². The van der Waals surface area contributed by atoms with Crippen molar-refractivity contribution in [3.8, 4) is 11.5 Å². The molecule has 0 saturated heterocycles. The first-order valence-corrected chi connectivity index (χ1v) is 6.76. The molecule has 0 radical (unpaired) electrons. The van der Waals surface area contributed by atoms with Gasteiger partial charge < -0.3 is 24.6 Å². The van der Waals surface area contributed by atoms with E-state index in [0.29, 0.717) is 23.1 Å². The molecule has 0 bridgehead atoms. The molecule has 0 aliphatic heterocycles. The zero-order valence-corrected chi connectivity index (χ0v) is 13.0. The molecule has 1 atom stereocenters. The molecular weight excluding hydrogens is 286 g/mol. The lowest BCUT2D eigenvalue weighted by atomic mass is 10.2. The predicted octanol–water partition coefficient (Wildman–Crippen LogP) is 2.44. The number of rotatable bonds is 6. The highest BCUT2D eigenvalue weighted by molar-refractivity contribution is 5.95. The second kappa shape index (κ2) is 6.84. The van der Waals surface area contributed by atoms with Crippen molar-refractivity contribution in [3.05, 3.63) is 30.0 Å². The van der Waals surface area contributed by atoms with Crippen LogP contribution in [0, 0.1) is 6.92 Å². The zero-order valence-electron chi connectivity index (χ0n) is 13.0. The summed E-state index contributed by atoms with van der Waals surface area (Å²) in [5.41, 5.74) is 0.747. The Hall–Kier alpha value is -2.70. The molecule has 7 nitrogen and oxygen atoms in total. The van der Waals surface area contributed by atoms with Gasteiger partial charge in [0, 0.05) is 17.8 Å². The Morgan fingerprint density at radius 3 is 2.55 bits per heavy atom. The third-order valence-corrected chi connectivity index (χ3v) is 3.04. The quantitative estimate of drug-likeness (QED) is 0.852. The minimum absolute atomic E-state index is 0.219. The van der Waals surface area contributed by atoms with Gasteiger partial charge in [0.15, 0.2) is 17.3 Å². The van der Waals surface area contributed by atoms with Gasteiger partial charge in [0.2, 0.25) is 5.91 Å². The molecule has 0 fully saturated rings. The Bertz CT molecular complexity index is 654. The van der Waals surface area contributed by atoms with Crippen LogP contribution in [0.4, 0.5) is 11.5 Å². The average molecular weight is 305 g/mol. The summed E-state index contributed by atoms with van der Waals surface area (Å²) >= 11 is 0. The number of ether oxygens (including phenoxy) is 2. The smallest absolute Gasteiger partial charge is 0.247 e. The van der Waals surface area contributed by atoms with Crippen molar-refractivity contribution in [2.75, 3.05) is 24.9 Å². The largest absolute Gasteiger partial charge is 0.493 e. The SMILES string of the molecule is COc1ccc(NC(C)C(=O)Nc2cc(C)on2)cc1OC. The number of anilines is 2. The number of aromatic nitrogens is 1. The minimum Gasteiger partial charge on any atom is -0.493 e. The van der Waals surface area contributed by atoms with E-state index in [1.807, 2.05) is 6.07 Å². The monoisotopic (exact) mass is 305 g/mol. The van der Waals surface area contributed by atoms with Crippen LogP contribution in [0.5, 0.6) is 11.5 Å². The first-order chi connectivity index (χ1) is 10.5. The van der Waals surface area contributed by atoms with Gasteiger partial charge in [-0.3, -0.25) is 4.79 Å². The van der Waals surface area contributed by atoms with Gasteiger partial charge in [0.1, 0.15) is 11.8 Å². The highest BCUT2D eigenvalue weighted by atomic mass is 16.5. The van der Waals surface area contributed by atoms with Crippen LogP contribution in [0.15, 0.2) is 28.8 Å². The van der Waals surface area contributed by atoms with Gasteiger partial charge in [0.25, 0.3) is 0 Å². The maximum Gasteiger partial charge on any atom is 0.247 e.